The molecule has 1 fully saturated rings. The van der Waals surface area contributed by atoms with Crippen LogP contribution in [0.2, 0.25) is 0 Å². The number of nitrogens with zero attached hydrogens (tertiary/aromatic N) is 1. The Bertz CT molecular complexity index is 702. The molecule has 1 aromatic heterocycles. The Morgan fingerprint density at radius 2 is 1.75 bits per heavy atom. The van der Waals surface area contributed by atoms with Crippen LogP contribution in [0.15, 0.2) is 9.31 Å². The van der Waals surface area contributed by atoms with Gasteiger partial charge in [0.2, 0.25) is 10.0 Å². The molecular weight excluding hydrogens is 306 g/mol. The van der Waals surface area contributed by atoms with Gasteiger partial charge in [0.15, 0.2) is 9.84 Å². The number of hydrogen-bond acceptors (Lipinski definition) is 6. The number of hydrogen-bond donors (Lipinski definition) is 1. The van der Waals surface area contributed by atoms with Crippen LogP contribution in [-0.4, -0.2) is 50.8 Å². The Morgan fingerprint density at radius 1 is 1.20 bits per heavy atom. The lowest BCUT2D eigenvalue weighted by Gasteiger charge is -2.26. The fourth-order valence-corrected chi connectivity index (χ4v) is 5.57. The van der Waals surface area contributed by atoms with Crippen LogP contribution in [0, 0.1) is 13.8 Å². The minimum absolute atomic E-state index is 0.0446. The summed E-state index contributed by atoms with van der Waals surface area (Å²) >= 11 is 0. The summed E-state index contributed by atoms with van der Waals surface area (Å²) in [6, 6.07) is 0. The molecule has 2 heterocycles. The second-order valence-corrected chi connectivity index (χ2v) is 8.91. The average molecular weight is 323 g/mol. The fraction of sp³-hybridized carbons (Fsp3) is 0.636. The SMILES string of the molecule is Cc1oc(C)c(S(=O)(=O)N2CCS(=O)(=O)CC2)c1CO. The van der Waals surface area contributed by atoms with E-state index < -0.39 is 26.5 Å². The molecule has 7 nitrogen and oxygen atoms in total. The van der Waals surface area contributed by atoms with E-state index in [1.807, 2.05) is 0 Å². The van der Waals surface area contributed by atoms with Gasteiger partial charge in [0, 0.05) is 18.7 Å². The molecule has 1 aromatic rings. The van der Waals surface area contributed by atoms with Gasteiger partial charge in [-0.15, -0.1) is 0 Å². The van der Waals surface area contributed by atoms with Crippen LogP contribution in [0.1, 0.15) is 17.1 Å². The van der Waals surface area contributed by atoms with Crippen LogP contribution in [-0.2, 0) is 26.5 Å². The van der Waals surface area contributed by atoms with Crippen molar-refractivity contribution in [3.05, 3.63) is 17.1 Å². The third-order valence-electron chi connectivity index (χ3n) is 3.38. The second kappa shape index (κ2) is 5.14. The first-order valence-corrected chi connectivity index (χ1v) is 9.35. The smallest absolute Gasteiger partial charge is 0.246 e. The first kappa shape index (κ1) is 15.5. The average Bonchev–Trinajstić information content (AvgIpc) is 2.63. The molecule has 0 unspecified atom stereocenters. The number of rotatable bonds is 3. The zero-order chi connectivity index (χ0) is 15.1. The second-order valence-electron chi connectivity index (χ2n) is 4.74. The topological polar surface area (TPSA) is 105 Å². The van der Waals surface area contributed by atoms with Crippen molar-refractivity contribution in [2.24, 2.45) is 0 Å². The summed E-state index contributed by atoms with van der Waals surface area (Å²) in [5.41, 5.74) is 0.232. The van der Waals surface area contributed by atoms with Crippen molar-refractivity contribution in [2.75, 3.05) is 24.6 Å². The van der Waals surface area contributed by atoms with Crippen molar-refractivity contribution in [3.63, 3.8) is 0 Å². The zero-order valence-electron chi connectivity index (χ0n) is 11.3. The molecule has 2 rings (SSSR count). The molecule has 9 heteroatoms. The van der Waals surface area contributed by atoms with Gasteiger partial charge in [-0.3, -0.25) is 0 Å². The van der Waals surface area contributed by atoms with Gasteiger partial charge in [-0.1, -0.05) is 0 Å². The number of aliphatic hydroxyl groups excluding tert-OH is 1. The maximum absolute atomic E-state index is 12.6. The quantitative estimate of drug-likeness (QED) is 0.826. The van der Waals surface area contributed by atoms with Gasteiger partial charge in [-0.05, 0) is 13.8 Å². The van der Waals surface area contributed by atoms with Crippen molar-refractivity contribution in [3.8, 4) is 0 Å². The fourth-order valence-electron chi connectivity index (χ4n) is 2.30. The molecule has 1 saturated heterocycles. The number of aryl methyl sites for hydroxylation is 2. The van der Waals surface area contributed by atoms with Gasteiger partial charge in [0.05, 0.1) is 18.1 Å². The number of sulfonamides is 1. The van der Waals surface area contributed by atoms with Crippen molar-refractivity contribution >= 4 is 19.9 Å². The Kier molecular flexibility index (Phi) is 3.98. The third kappa shape index (κ3) is 2.62. The molecule has 0 radical (unpaired) electrons. The summed E-state index contributed by atoms with van der Waals surface area (Å²) in [7, 11) is -7.01. The predicted molar refractivity (Wildman–Crippen MR) is 71.5 cm³/mol. The third-order valence-corrected chi connectivity index (χ3v) is 7.09. The molecule has 1 N–H and O–H groups in total. The first-order chi connectivity index (χ1) is 9.19. The van der Waals surface area contributed by atoms with Gasteiger partial charge in [0.1, 0.15) is 16.4 Å². The maximum atomic E-state index is 12.6. The van der Waals surface area contributed by atoms with Crippen LogP contribution in [0.25, 0.3) is 0 Å². The van der Waals surface area contributed by atoms with Gasteiger partial charge >= 0.3 is 0 Å². The molecule has 1 aliphatic rings. The van der Waals surface area contributed by atoms with Gasteiger partial charge < -0.3 is 9.52 Å². The summed E-state index contributed by atoms with van der Waals surface area (Å²) in [5.74, 6) is 0.195. The highest BCUT2D eigenvalue weighted by Gasteiger charge is 2.35. The maximum Gasteiger partial charge on any atom is 0.246 e. The molecular formula is C11H17NO6S2. The lowest BCUT2D eigenvalue weighted by molar-refractivity contribution is 0.276. The normalized spacial score (nSPS) is 20.1. The predicted octanol–water partition coefficient (Wildman–Crippen LogP) is -0.192. The molecule has 0 atom stereocenters. The highest BCUT2D eigenvalue weighted by Crippen LogP contribution is 2.29. The van der Waals surface area contributed by atoms with E-state index in [9.17, 15) is 21.9 Å². The van der Waals surface area contributed by atoms with Gasteiger partial charge in [-0.2, -0.15) is 4.31 Å². The van der Waals surface area contributed by atoms with Gasteiger partial charge in [0.25, 0.3) is 0 Å². The van der Waals surface area contributed by atoms with E-state index in [0.717, 1.165) is 4.31 Å². The Labute approximate surface area is 118 Å². The molecule has 0 amide bonds. The largest absolute Gasteiger partial charge is 0.465 e. The highest BCUT2D eigenvalue weighted by atomic mass is 32.2. The minimum atomic E-state index is -3.85. The molecule has 114 valence electrons. The Balaban J connectivity index is 2.42. The van der Waals surface area contributed by atoms with E-state index >= 15 is 0 Å². The molecule has 0 saturated carbocycles. The Morgan fingerprint density at radius 3 is 2.25 bits per heavy atom. The standard InChI is InChI=1S/C11H17NO6S2/c1-8-10(7-13)11(9(2)18-8)20(16,17)12-3-5-19(14,15)6-4-12/h13H,3-7H2,1-2H3. The Hall–Kier alpha value is -0.900. The van der Waals surface area contributed by atoms with E-state index in [1.165, 1.54) is 6.92 Å². The number of aliphatic hydroxyl groups is 1. The minimum Gasteiger partial charge on any atom is -0.465 e. The molecule has 0 spiro atoms. The van der Waals surface area contributed by atoms with E-state index in [-0.39, 0.29) is 40.8 Å². The van der Waals surface area contributed by atoms with Crippen molar-refractivity contribution < 1.29 is 26.4 Å². The molecule has 0 bridgehead atoms. The molecule has 20 heavy (non-hydrogen) atoms. The van der Waals surface area contributed by atoms with Crippen molar-refractivity contribution in [2.45, 2.75) is 25.3 Å². The summed E-state index contributed by atoms with van der Waals surface area (Å²) in [4.78, 5) is -0.0446. The van der Waals surface area contributed by atoms with Crippen molar-refractivity contribution in [1.82, 2.24) is 4.31 Å². The molecule has 0 aliphatic carbocycles. The van der Waals surface area contributed by atoms with E-state index in [0.29, 0.717) is 5.76 Å². The summed E-state index contributed by atoms with van der Waals surface area (Å²) in [6.45, 7) is 2.51. The molecule has 0 aromatic carbocycles. The number of sulfone groups is 1. The van der Waals surface area contributed by atoms with Crippen LogP contribution in [0.5, 0.6) is 0 Å². The zero-order valence-corrected chi connectivity index (χ0v) is 12.9. The summed E-state index contributed by atoms with van der Waals surface area (Å²) < 4.78 is 54.3. The van der Waals surface area contributed by atoms with Crippen LogP contribution in [0.3, 0.4) is 0 Å². The van der Waals surface area contributed by atoms with Gasteiger partial charge in [-0.25, -0.2) is 16.8 Å². The lowest BCUT2D eigenvalue weighted by atomic mass is 10.2. The van der Waals surface area contributed by atoms with E-state index in [4.69, 9.17) is 4.42 Å². The lowest BCUT2D eigenvalue weighted by Crippen LogP contribution is -2.43. The number of furan rings is 1. The monoisotopic (exact) mass is 323 g/mol. The first-order valence-electron chi connectivity index (χ1n) is 6.09. The van der Waals surface area contributed by atoms with Crippen LogP contribution < -0.4 is 0 Å². The highest BCUT2D eigenvalue weighted by molar-refractivity contribution is 7.92. The summed E-state index contributed by atoms with van der Waals surface area (Å²) in [5, 5.41) is 9.32. The van der Waals surface area contributed by atoms with Crippen LogP contribution >= 0.6 is 0 Å². The summed E-state index contributed by atoms with van der Waals surface area (Å²) in [6.07, 6.45) is 0. The van der Waals surface area contributed by atoms with Crippen molar-refractivity contribution in [1.29, 1.82) is 0 Å². The molecule has 1 aliphatic heterocycles. The van der Waals surface area contributed by atoms with E-state index in [2.05, 4.69) is 0 Å². The van der Waals surface area contributed by atoms with Crippen LogP contribution in [0.4, 0.5) is 0 Å². The van der Waals surface area contributed by atoms with E-state index in [1.54, 1.807) is 6.92 Å².